The molecule has 6 rings (SSSR count). The van der Waals surface area contributed by atoms with Gasteiger partial charge >= 0.3 is 0 Å². The minimum Gasteiger partial charge on any atom is -0.508 e. The molecule has 3 aliphatic carbocycles. The van der Waals surface area contributed by atoms with Crippen molar-refractivity contribution < 1.29 is 29.2 Å². The summed E-state index contributed by atoms with van der Waals surface area (Å²) in [6.45, 7) is 1.60. The number of hydrogen-bond acceptors (Lipinski definition) is 7. The molecule has 1 aliphatic heterocycles. The number of amides is 2. The van der Waals surface area contributed by atoms with Crippen LogP contribution in [0.3, 0.4) is 0 Å². The zero-order valence-electron chi connectivity index (χ0n) is 20.3. The van der Waals surface area contributed by atoms with Crippen molar-refractivity contribution in [1.29, 1.82) is 0 Å². The Kier molecular flexibility index (Phi) is 5.27. The lowest BCUT2D eigenvalue weighted by atomic mass is 9.59. The molecule has 4 aliphatic rings. The second-order valence-electron chi connectivity index (χ2n) is 10.1. The number of non-ortho nitro benzene ring substituents is 1. The highest BCUT2D eigenvalue weighted by Crippen LogP contribution is 2.55. The van der Waals surface area contributed by atoms with E-state index in [0.29, 0.717) is 22.3 Å². The van der Waals surface area contributed by atoms with E-state index in [0.717, 1.165) is 10.5 Å². The second-order valence-corrected chi connectivity index (χ2v) is 10.1. The Morgan fingerprint density at radius 3 is 2.45 bits per heavy atom. The lowest BCUT2D eigenvalue weighted by Crippen LogP contribution is -2.39. The summed E-state index contributed by atoms with van der Waals surface area (Å²) in [6, 6.07) is 11.8. The number of carbonyl (C=O) groups is 4. The van der Waals surface area contributed by atoms with Gasteiger partial charge in [-0.25, -0.2) is 4.90 Å². The van der Waals surface area contributed by atoms with Crippen molar-refractivity contribution >= 4 is 34.8 Å². The zero-order chi connectivity index (χ0) is 26.9. The van der Waals surface area contributed by atoms with Gasteiger partial charge in [0.1, 0.15) is 5.75 Å². The molecule has 2 aromatic rings. The van der Waals surface area contributed by atoms with Gasteiger partial charge in [0.2, 0.25) is 11.8 Å². The first kappa shape index (κ1) is 23.7. The van der Waals surface area contributed by atoms with Crippen LogP contribution in [0, 0.1) is 27.9 Å². The van der Waals surface area contributed by atoms with E-state index in [9.17, 15) is 34.4 Å². The number of Topliss-reactive ketones (excluding diaryl/α,β-unsaturated/α-hetero) is 1. The fourth-order valence-corrected chi connectivity index (χ4v) is 6.41. The Labute approximate surface area is 216 Å². The predicted molar refractivity (Wildman–Crippen MR) is 135 cm³/mol. The monoisotopic (exact) mass is 510 g/mol. The van der Waals surface area contributed by atoms with E-state index in [1.165, 1.54) is 42.5 Å². The number of fused-ring (bicyclic) bond motifs is 3. The van der Waals surface area contributed by atoms with Gasteiger partial charge in [-0.1, -0.05) is 29.8 Å². The van der Waals surface area contributed by atoms with Crippen molar-refractivity contribution in [1.82, 2.24) is 0 Å². The maximum atomic E-state index is 13.8. The molecule has 0 saturated carbocycles. The first-order valence-corrected chi connectivity index (χ1v) is 12.3. The smallest absolute Gasteiger partial charge is 0.271 e. The SMILES string of the molecule is CC1=CC(=O)C2=C(C1=O)C(c1ccc(O)cc1)C1=CCC3C(=O)N(c4cccc([N+](=O)[O-])c4)C(=O)C3C1C2. The third kappa shape index (κ3) is 3.38. The van der Waals surface area contributed by atoms with E-state index >= 15 is 0 Å². The van der Waals surface area contributed by atoms with Gasteiger partial charge in [0, 0.05) is 34.8 Å². The Balaban J connectivity index is 1.46. The Morgan fingerprint density at radius 1 is 1.00 bits per heavy atom. The predicted octanol–water partition coefficient (Wildman–Crippen LogP) is 3.93. The molecule has 0 aromatic heterocycles. The minimum atomic E-state index is -0.773. The van der Waals surface area contributed by atoms with Crippen molar-refractivity contribution in [3.63, 3.8) is 0 Å². The van der Waals surface area contributed by atoms with Crippen LogP contribution in [0.1, 0.15) is 31.2 Å². The molecule has 9 heteroatoms. The quantitative estimate of drug-likeness (QED) is 0.217. The van der Waals surface area contributed by atoms with Crippen molar-refractivity contribution in [3.05, 3.63) is 98.7 Å². The summed E-state index contributed by atoms with van der Waals surface area (Å²) >= 11 is 0. The number of imide groups is 1. The Hall–Kier alpha value is -4.66. The van der Waals surface area contributed by atoms with Crippen LogP contribution < -0.4 is 4.90 Å². The van der Waals surface area contributed by atoms with Gasteiger partial charge in [0.05, 0.1) is 22.4 Å². The Bertz CT molecular complexity index is 1560. The minimum absolute atomic E-state index is 0.0549. The van der Waals surface area contributed by atoms with E-state index in [2.05, 4.69) is 0 Å². The summed E-state index contributed by atoms with van der Waals surface area (Å²) in [7, 11) is 0. The molecule has 1 heterocycles. The van der Waals surface area contributed by atoms with Crippen molar-refractivity contribution in [2.24, 2.45) is 17.8 Å². The van der Waals surface area contributed by atoms with Crippen LogP contribution >= 0.6 is 0 Å². The van der Waals surface area contributed by atoms with E-state index in [-0.39, 0.29) is 41.5 Å². The van der Waals surface area contributed by atoms with E-state index in [4.69, 9.17) is 0 Å². The molecule has 1 saturated heterocycles. The summed E-state index contributed by atoms with van der Waals surface area (Å²) in [6.07, 6.45) is 3.63. The number of phenols is 1. The van der Waals surface area contributed by atoms with Crippen molar-refractivity contribution in [2.75, 3.05) is 4.90 Å². The standard InChI is InChI=1S/C29H22N2O7/c1-14-11-23(33)22-13-21-19(24(26(22)27(14)34)15-5-7-18(32)8-6-15)9-10-20-25(21)29(36)30(28(20)35)16-3-2-4-17(12-16)31(37)38/h2-9,11-12,20-21,24-25,32H,10,13H2,1H3. The molecule has 0 radical (unpaired) electrons. The number of aromatic hydroxyl groups is 1. The number of allylic oxidation sites excluding steroid dienone is 6. The highest BCUT2D eigenvalue weighted by molar-refractivity contribution is 6.25. The molecule has 2 aromatic carbocycles. The second kappa shape index (κ2) is 8.44. The summed E-state index contributed by atoms with van der Waals surface area (Å²) < 4.78 is 0. The van der Waals surface area contributed by atoms with Gasteiger partial charge in [-0.05, 0) is 55.5 Å². The van der Waals surface area contributed by atoms with Crippen LogP contribution in [0.4, 0.5) is 11.4 Å². The van der Waals surface area contributed by atoms with Crippen molar-refractivity contribution in [3.8, 4) is 5.75 Å². The highest BCUT2D eigenvalue weighted by atomic mass is 16.6. The van der Waals surface area contributed by atoms with Crippen LogP contribution in [0.25, 0.3) is 0 Å². The van der Waals surface area contributed by atoms with Crippen LogP contribution in [-0.2, 0) is 19.2 Å². The average molecular weight is 511 g/mol. The van der Waals surface area contributed by atoms with E-state index in [1.54, 1.807) is 19.1 Å². The fourth-order valence-electron chi connectivity index (χ4n) is 6.41. The number of hydrogen-bond donors (Lipinski definition) is 1. The van der Waals surface area contributed by atoms with Crippen LogP contribution in [0.2, 0.25) is 0 Å². The third-order valence-corrected chi connectivity index (χ3v) is 8.09. The van der Waals surface area contributed by atoms with Gasteiger partial charge in [0.25, 0.3) is 5.69 Å². The number of nitro groups is 1. The first-order chi connectivity index (χ1) is 18.2. The number of rotatable bonds is 3. The molecule has 0 spiro atoms. The largest absolute Gasteiger partial charge is 0.508 e. The van der Waals surface area contributed by atoms with Gasteiger partial charge in [-0.15, -0.1) is 0 Å². The third-order valence-electron chi connectivity index (χ3n) is 8.09. The van der Waals surface area contributed by atoms with Gasteiger partial charge in [-0.2, -0.15) is 0 Å². The number of carbonyl (C=O) groups excluding carboxylic acids is 4. The average Bonchev–Trinajstić information content (AvgIpc) is 3.16. The highest BCUT2D eigenvalue weighted by Gasteiger charge is 2.56. The molecular weight excluding hydrogens is 488 g/mol. The number of ketones is 2. The fraction of sp³-hybridized carbons (Fsp3) is 0.241. The first-order valence-electron chi connectivity index (χ1n) is 12.3. The van der Waals surface area contributed by atoms with Gasteiger partial charge < -0.3 is 5.11 Å². The summed E-state index contributed by atoms with van der Waals surface area (Å²) in [5.74, 6) is -3.91. The Morgan fingerprint density at radius 2 is 1.74 bits per heavy atom. The maximum Gasteiger partial charge on any atom is 0.271 e. The summed E-state index contributed by atoms with van der Waals surface area (Å²) in [5, 5.41) is 21.1. The lowest BCUT2D eigenvalue weighted by molar-refractivity contribution is -0.384. The number of nitro benzene ring substituents is 1. The number of nitrogens with zero attached hydrogens (tertiary/aromatic N) is 2. The van der Waals surface area contributed by atoms with Crippen molar-refractivity contribution in [2.45, 2.75) is 25.7 Å². The summed E-state index contributed by atoms with van der Waals surface area (Å²) in [4.78, 5) is 65.5. The van der Waals surface area contributed by atoms with E-state index in [1.807, 2.05) is 6.08 Å². The van der Waals surface area contributed by atoms with Gasteiger partial charge in [0.15, 0.2) is 11.6 Å². The molecule has 9 nitrogen and oxygen atoms in total. The molecular formula is C29H22N2O7. The molecule has 4 unspecified atom stereocenters. The topological polar surface area (TPSA) is 135 Å². The van der Waals surface area contributed by atoms with Crippen LogP contribution in [0.5, 0.6) is 5.75 Å². The molecule has 1 fully saturated rings. The van der Waals surface area contributed by atoms with Crippen LogP contribution in [-0.4, -0.2) is 33.4 Å². The van der Waals surface area contributed by atoms with Crippen LogP contribution in [0.15, 0.2) is 83.0 Å². The molecule has 1 N–H and O–H groups in total. The molecule has 2 amide bonds. The summed E-state index contributed by atoms with van der Waals surface area (Å²) in [5.41, 5.74) is 2.48. The molecule has 4 atom stereocenters. The molecule has 38 heavy (non-hydrogen) atoms. The number of phenolic OH excluding ortho intramolecular Hbond substituents is 1. The van der Waals surface area contributed by atoms with Gasteiger partial charge in [-0.3, -0.25) is 29.3 Å². The lowest BCUT2D eigenvalue weighted by Gasteiger charge is -2.42. The molecule has 190 valence electrons. The zero-order valence-corrected chi connectivity index (χ0v) is 20.3. The number of anilines is 1. The normalized spacial score (nSPS) is 26.5. The molecule has 0 bridgehead atoms. The number of benzene rings is 2. The maximum absolute atomic E-state index is 13.8. The van der Waals surface area contributed by atoms with E-state index < -0.39 is 40.4 Å².